The van der Waals surface area contributed by atoms with Crippen LogP contribution >= 0.6 is 39.9 Å². The van der Waals surface area contributed by atoms with Crippen molar-refractivity contribution in [1.29, 1.82) is 0 Å². The summed E-state index contributed by atoms with van der Waals surface area (Å²) in [4.78, 5) is 0. The van der Waals surface area contributed by atoms with Crippen LogP contribution in [0.5, 0.6) is 5.75 Å². The first kappa shape index (κ1) is 13.8. The van der Waals surface area contributed by atoms with Crippen molar-refractivity contribution in [2.75, 3.05) is 0 Å². The smallest absolute Gasteiger partial charge is 0.136 e. The van der Waals surface area contributed by atoms with E-state index in [0.29, 0.717) is 15.1 Å². The lowest BCUT2D eigenvalue weighted by Crippen LogP contribution is -2.06. The van der Waals surface area contributed by atoms with Crippen molar-refractivity contribution in [3.05, 3.63) is 39.8 Å². The molecule has 3 N–H and O–H groups in total. The lowest BCUT2D eigenvalue weighted by molar-refractivity contribution is 0.462. The molecule has 0 amide bonds. The second-order valence-electron chi connectivity index (χ2n) is 2.56. The third-order valence-corrected chi connectivity index (χ3v) is 3.06. The highest BCUT2D eigenvalue weighted by Gasteiger charge is 2.12. The molecule has 0 heterocycles. The molecule has 1 aromatic carbocycles. The van der Waals surface area contributed by atoms with E-state index in [1.807, 2.05) is 0 Å². The van der Waals surface area contributed by atoms with E-state index in [1.165, 1.54) is 0 Å². The van der Waals surface area contributed by atoms with Gasteiger partial charge >= 0.3 is 0 Å². The van der Waals surface area contributed by atoms with Crippen LogP contribution in [0.2, 0.25) is 5.02 Å². The molecule has 0 radical (unpaired) electrons. The maximum atomic E-state index is 9.62. The van der Waals surface area contributed by atoms with Gasteiger partial charge in [-0.2, -0.15) is 0 Å². The van der Waals surface area contributed by atoms with Crippen LogP contribution in [-0.4, -0.2) is 5.11 Å². The number of aromatic hydroxyl groups is 1. The molecule has 0 spiro atoms. The molecule has 0 saturated heterocycles. The Balaban J connectivity index is 0.00000169. The quantitative estimate of drug-likeness (QED) is 0.822. The zero-order valence-corrected chi connectivity index (χ0v) is 10.4. The highest BCUT2D eigenvalue weighted by Crippen LogP contribution is 2.36. The number of benzene rings is 1. The summed E-state index contributed by atoms with van der Waals surface area (Å²) in [5, 5.41) is 10.1. The standard InChI is InChI=1S/C9H9BrClNO.ClH/c1-2-7(12)5-3-4-6(11)8(10)9(5)13;/h2-4,7,13H,1,12H2;1H/t7-;/m1./s1. The van der Waals surface area contributed by atoms with Crippen molar-refractivity contribution in [2.24, 2.45) is 5.73 Å². The molecule has 1 rings (SSSR count). The fourth-order valence-electron chi connectivity index (χ4n) is 0.951. The third kappa shape index (κ3) is 2.64. The zero-order valence-electron chi connectivity index (χ0n) is 7.21. The van der Waals surface area contributed by atoms with Gasteiger partial charge in [-0.3, -0.25) is 0 Å². The molecule has 0 aromatic heterocycles. The van der Waals surface area contributed by atoms with Crippen molar-refractivity contribution in [1.82, 2.24) is 0 Å². The van der Waals surface area contributed by atoms with Crippen molar-refractivity contribution in [3.8, 4) is 5.75 Å². The van der Waals surface area contributed by atoms with Gasteiger partial charge in [0, 0.05) is 5.56 Å². The first-order chi connectivity index (χ1) is 6.07. The number of nitrogens with two attached hydrogens (primary N) is 1. The van der Waals surface area contributed by atoms with Gasteiger partial charge in [0.15, 0.2) is 0 Å². The number of rotatable bonds is 2. The average Bonchev–Trinajstić information content (AvgIpc) is 2.13. The molecule has 2 nitrogen and oxygen atoms in total. The number of hydrogen-bond acceptors (Lipinski definition) is 2. The van der Waals surface area contributed by atoms with Crippen LogP contribution in [0.4, 0.5) is 0 Å². The summed E-state index contributed by atoms with van der Waals surface area (Å²) in [6.45, 7) is 3.55. The topological polar surface area (TPSA) is 46.2 Å². The summed E-state index contributed by atoms with van der Waals surface area (Å²) in [6.07, 6.45) is 1.55. The summed E-state index contributed by atoms with van der Waals surface area (Å²) in [5.74, 6) is 0.0694. The van der Waals surface area contributed by atoms with E-state index in [4.69, 9.17) is 17.3 Å². The van der Waals surface area contributed by atoms with Crippen LogP contribution in [0, 0.1) is 0 Å². The minimum absolute atomic E-state index is 0. The normalized spacial score (nSPS) is 11.6. The summed E-state index contributed by atoms with van der Waals surface area (Å²) in [7, 11) is 0. The highest BCUT2D eigenvalue weighted by molar-refractivity contribution is 9.10. The van der Waals surface area contributed by atoms with Crippen LogP contribution < -0.4 is 5.73 Å². The van der Waals surface area contributed by atoms with Gasteiger partial charge < -0.3 is 10.8 Å². The molecule has 1 aromatic rings. The Kier molecular flexibility index (Phi) is 5.52. The predicted molar refractivity (Wildman–Crippen MR) is 65.2 cm³/mol. The molecule has 0 aliphatic carbocycles. The molecule has 0 unspecified atom stereocenters. The number of hydrogen-bond donors (Lipinski definition) is 2. The molecule has 0 bridgehead atoms. The maximum Gasteiger partial charge on any atom is 0.136 e. The van der Waals surface area contributed by atoms with Gasteiger partial charge in [0.25, 0.3) is 0 Å². The zero-order chi connectivity index (χ0) is 10.0. The van der Waals surface area contributed by atoms with Gasteiger partial charge in [-0.1, -0.05) is 23.7 Å². The lowest BCUT2D eigenvalue weighted by Gasteiger charge is -2.10. The lowest BCUT2D eigenvalue weighted by atomic mass is 10.1. The Morgan fingerprint density at radius 2 is 2.14 bits per heavy atom. The van der Waals surface area contributed by atoms with E-state index < -0.39 is 0 Å². The molecule has 0 aliphatic rings. The van der Waals surface area contributed by atoms with E-state index in [9.17, 15) is 5.11 Å². The van der Waals surface area contributed by atoms with E-state index in [0.717, 1.165) is 0 Å². The minimum Gasteiger partial charge on any atom is -0.506 e. The Labute approximate surface area is 102 Å². The summed E-state index contributed by atoms with van der Waals surface area (Å²) in [5.41, 5.74) is 6.28. The van der Waals surface area contributed by atoms with E-state index in [1.54, 1.807) is 18.2 Å². The average molecular weight is 299 g/mol. The van der Waals surface area contributed by atoms with E-state index in [2.05, 4.69) is 22.5 Å². The van der Waals surface area contributed by atoms with Gasteiger partial charge in [0.1, 0.15) is 5.75 Å². The molecule has 14 heavy (non-hydrogen) atoms. The van der Waals surface area contributed by atoms with Gasteiger partial charge in [0.2, 0.25) is 0 Å². The van der Waals surface area contributed by atoms with Gasteiger partial charge in [-0.05, 0) is 22.0 Å². The molecule has 5 heteroatoms. The summed E-state index contributed by atoms with van der Waals surface area (Å²) < 4.78 is 0.462. The Morgan fingerprint density at radius 3 is 2.64 bits per heavy atom. The van der Waals surface area contributed by atoms with Crippen molar-refractivity contribution >= 4 is 39.9 Å². The van der Waals surface area contributed by atoms with Gasteiger partial charge in [-0.25, -0.2) is 0 Å². The first-order valence-electron chi connectivity index (χ1n) is 3.63. The van der Waals surface area contributed by atoms with Crippen LogP contribution in [0.25, 0.3) is 0 Å². The highest BCUT2D eigenvalue weighted by atomic mass is 79.9. The second-order valence-corrected chi connectivity index (χ2v) is 3.76. The van der Waals surface area contributed by atoms with Crippen LogP contribution in [0.1, 0.15) is 11.6 Å². The third-order valence-electron chi connectivity index (χ3n) is 1.71. The fourth-order valence-corrected chi connectivity index (χ4v) is 1.46. The molecular weight excluding hydrogens is 289 g/mol. The van der Waals surface area contributed by atoms with Crippen molar-refractivity contribution in [3.63, 3.8) is 0 Å². The van der Waals surface area contributed by atoms with Crippen molar-refractivity contribution < 1.29 is 5.11 Å². The largest absolute Gasteiger partial charge is 0.506 e. The van der Waals surface area contributed by atoms with Crippen LogP contribution in [0.15, 0.2) is 29.3 Å². The minimum atomic E-state index is -0.381. The second kappa shape index (κ2) is 5.61. The fraction of sp³-hybridized carbons (Fsp3) is 0.111. The molecule has 0 aliphatic heterocycles. The molecule has 78 valence electrons. The van der Waals surface area contributed by atoms with Crippen LogP contribution in [-0.2, 0) is 0 Å². The van der Waals surface area contributed by atoms with Gasteiger partial charge in [-0.15, -0.1) is 19.0 Å². The number of phenols is 1. The Hall–Kier alpha value is -0.220. The van der Waals surface area contributed by atoms with Gasteiger partial charge in [0.05, 0.1) is 15.5 Å². The molecule has 0 fully saturated rings. The maximum absolute atomic E-state index is 9.62. The number of halogens is 3. The van der Waals surface area contributed by atoms with E-state index >= 15 is 0 Å². The summed E-state index contributed by atoms with van der Waals surface area (Å²) in [6, 6.07) is 2.97. The monoisotopic (exact) mass is 297 g/mol. The Bertz CT molecular complexity index is 344. The molecular formula is C9H10BrCl2NO. The number of phenolic OH excluding ortho intramolecular Hbond substituents is 1. The molecule has 1 atom stereocenters. The SMILES string of the molecule is C=C[C@@H](N)c1ccc(Cl)c(Br)c1O.Cl. The molecule has 0 saturated carbocycles. The summed E-state index contributed by atoms with van der Waals surface area (Å²) >= 11 is 8.92. The van der Waals surface area contributed by atoms with E-state index in [-0.39, 0.29) is 24.2 Å². The Morgan fingerprint density at radius 1 is 1.57 bits per heavy atom. The van der Waals surface area contributed by atoms with Crippen molar-refractivity contribution in [2.45, 2.75) is 6.04 Å². The first-order valence-corrected chi connectivity index (χ1v) is 4.80. The van der Waals surface area contributed by atoms with Crippen LogP contribution in [0.3, 0.4) is 0 Å². The predicted octanol–water partition coefficient (Wildman–Crippen LogP) is 3.42.